The van der Waals surface area contributed by atoms with Gasteiger partial charge in [0.2, 0.25) is 0 Å². The van der Waals surface area contributed by atoms with Crippen LogP contribution >= 0.6 is 0 Å². The third kappa shape index (κ3) is 3.82. The van der Waals surface area contributed by atoms with E-state index in [9.17, 15) is 9.18 Å². The standard InChI is InChI=1S/C25H23FN4O2/c1-32-19-9-11-20-17(14-19)8-10-21(28-20)25(31)30-12-3-2-7-23(30)24-27-15-22(29-24)16-5-4-6-18(26)13-16/h4-6,8-11,13-15,23H,2-3,7,12H2,1H3,(H,27,29). The van der Waals surface area contributed by atoms with Crippen LogP contribution in [0, 0.1) is 5.82 Å². The Morgan fingerprint density at radius 3 is 2.91 bits per heavy atom. The predicted molar refractivity (Wildman–Crippen MR) is 120 cm³/mol. The van der Waals surface area contributed by atoms with Gasteiger partial charge in [0.15, 0.2) is 0 Å². The molecule has 1 aliphatic heterocycles. The van der Waals surface area contributed by atoms with Crippen LogP contribution in [-0.4, -0.2) is 39.4 Å². The number of nitrogens with zero attached hydrogens (tertiary/aromatic N) is 3. The van der Waals surface area contributed by atoms with Gasteiger partial charge in [0.1, 0.15) is 23.1 Å². The van der Waals surface area contributed by atoms with Crippen molar-refractivity contribution in [2.45, 2.75) is 25.3 Å². The number of fused-ring (bicyclic) bond motifs is 1. The second-order valence-corrected chi connectivity index (χ2v) is 7.96. The summed E-state index contributed by atoms with van der Waals surface area (Å²) in [6.07, 6.45) is 4.45. The number of ether oxygens (including phenoxy) is 1. The lowest BCUT2D eigenvalue weighted by Crippen LogP contribution is -2.39. The summed E-state index contributed by atoms with van der Waals surface area (Å²) in [5.41, 5.74) is 2.61. The molecule has 1 amide bonds. The minimum Gasteiger partial charge on any atom is -0.497 e. The molecule has 1 fully saturated rings. The molecule has 1 saturated heterocycles. The number of hydrogen-bond acceptors (Lipinski definition) is 4. The number of aromatic nitrogens is 3. The zero-order valence-electron chi connectivity index (χ0n) is 17.7. The number of hydrogen-bond donors (Lipinski definition) is 1. The van der Waals surface area contributed by atoms with Crippen LogP contribution < -0.4 is 4.74 Å². The molecule has 0 radical (unpaired) electrons. The summed E-state index contributed by atoms with van der Waals surface area (Å²) in [6.45, 7) is 0.641. The third-order valence-corrected chi connectivity index (χ3v) is 5.93. The molecule has 1 atom stereocenters. The lowest BCUT2D eigenvalue weighted by Gasteiger charge is -2.34. The molecule has 0 bridgehead atoms. The summed E-state index contributed by atoms with van der Waals surface area (Å²) in [5, 5.41) is 0.918. The topological polar surface area (TPSA) is 71.1 Å². The van der Waals surface area contributed by atoms with E-state index in [1.807, 2.05) is 35.2 Å². The van der Waals surface area contributed by atoms with Crippen LogP contribution in [0.5, 0.6) is 5.75 Å². The molecule has 0 spiro atoms. The van der Waals surface area contributed by atoms with Crippen LogP contribution in [-0.2, 0) is 0 Å². The van der Waals surface area contributed by atoms with Crippen LogP contribution in [0.2, 0.25) is 0 Å². The molecule has 5 rings (SSSR count). The lowest BCUT2D eigenvalue weighted by atomic mass is 10.0. The Labute approximate surface area is 185 Å². The summed E-state index contributed by atoms with van der Waals surface area (Å²) < 4.78 is 18.9. The van der Waals surface area contributed by atoms with Crippen LogP contribution in [0.1, 0.15) is 41.6 Å². The van der Waals surface area contributed by atoms with E-state index >= 15 is 0 Å². The maximum absolute atomic E-state index is 13.6. The maximum Gasteiger partial charge on any atom is 0.273 e. The first-order valence-electron chi connectivity index (χ1n) is 10.7. The van der Waals surface area contributed by atoms with E-state index in [2.05, 4.69) is 15.0 Å². The zero-order chi connectivity index (χ0) is 22.1. The molecule has 2 aromatic heterocycles. The molecular weight excluding hydrogens is 407 g/mol. The zero-order valence-corrected chi connectivity index (χ0v) is 17.7. The Balaban J connectivity index is 1.43. The van der Waals surface area contributed by atoms with E-state index in [4.69, 9.17) is 4.74 Å². The number of carbonyl (C=O) groups is 1. The Hall–Kier alpha value is -3.74. The van der Waals surface area contributed by atoms with Crippen molar-refractivity contribution in [1.29, 1.82) is 0 Å². The molecule has 7 heteroatoms. The number of piperidine rings is 1. The predicted octanol–water partition coefficient (Wildman–Crippen LogP) is 5.14. The Morgan fingerprint density at radius 1 is 1.16 bits per heavy atom. The first-order valence-corrected chi connectivity index (χ1v) is 10.7. The van der Waals surface area contributed by atoms with Crippen molar-refractivity contribution >= 4 is 16.8 Å². The van der Waals surface area contributed by atoms with Crippen molar-refractivity contribution in [2.24, 2.45) is 0 Å². The van der Waals surface area contributed by atoms with Gasteiger partial charge in [0, 0.05) is 17.5 Å². The Kier molecular flexibility index (Phi) is 5.31. The third-order valence-electron chi connectivity index (χ3n) is 5.93. The second kappa shape index (κ2) is 8.42. The van der Waals surface area contributed by atoms with Gasteiger partial charge in [-0.3, -0.25) is 4.79 Å². The van der Waals surface area contributed by atoms with E-state index in [0.29, 0.717) is 18.1 Å². The highest BCUT2D eigenvalue weighted by Gasteiger charge is 2.31. The molecule has 162 valence electrons. The molecule has 1 N–H and O–H groups in total. The molecule has 32 heavy (non-hydrogen) atoms. The van der Waals surface area contributed by atoms with E-state index < -0.39 is 0 Å². The van der Waals surface area contributed by atoms with Gasteiger partial charge in [0.25, 0.3) is 5.91 Å². The van der Waals surface area contributed by atoms with Gasteiger partial charge in [-0.15, -0.1) is 0 Å². The molecule has 1 unspecified atom stereocenters. The fraction of sp³-hybridized carbons (Fsp3) is 0.240. The van der Waals surface area contributed by atoms with Crippen molar-refractivity contribution in [2.75, 3.05) is 13.7 Å². The van der Waals surface area contributed by atoms with Gasteiger partial charge >= 0.3 is 0 Å². The number of benzene rings is 2. The van der Waals surface area contributed by atoms with Crippen LogP contribution in [0.15, 0.2) is 60.8 Å². The quantitative estimate of drug-likeness (QED) is 0.487. The van der Waals surface area contributed by atoms with Crippen LogP contribution in [0.4, 0.5) is 4.39 Å². The first-order chi connectivity index (χ1) is 15.6. The lowest BCUT2D eigenvalue weighted by molar-refractivity contribution is 0.0595. The summed E-state index contributed by atoms with van der Waals surface area (Å²) in [5.74, 6) is 1.05. The number of nitrogens with one attached hydrogen (secondary N) is 1. The normalized spacial score (nSPS) is 16.3. The number of halogens is 1. The number of H-pyrrole nitrogens is 1. The molecular formula is C25H23FN4O2. The fourth-order valence-corrected chi connectivity index (χ4v) is 4.26. The van der Waals surface area contributed by atoms with Gasteiger partial charge in [-0.05, 0) is 55.7 Å². The number of rotatable bonds is 4. The van der Waals surface area contributed by atoms with Crippen LogP contribution in [0.25, 0.3) is 22.2 Å². The van der Waals surface area contributed by atoms with Crippen LogP contribution in [0.3, 0.4) is 0 Å². The highest BCUT2D eigenvalue weighted by Crippen LogP contribution is 2.32. The Morgan fingerprint density at radius 2 is 2.06 bits per heavy atom. The highest BCUT2D eigenvalue weighted by molar-refractivity contribution is 5.95. The van der Waals surface area contributed by atoms with E-state index in [-0.39, 0.29) is 17.8 Å². The smallest absolute Gasteiger partial charge is 0.273 e. The number of carbonyl (C=O) groups excluding carboxylic acids is 1. The molecule has 1 aliphatic rings. The number of methoxy groups -OCH3 is 1. The van der Waals surface area contributed by atoms with Gasteiger partial charge in [0.05, 0.1) is 30.6 Å². The first kappa shape index (κ1) is 20.2. The Bertz CT molecular complexity index is 1290. The van der Waals surface area contributed by atoms with Crippen molar-refractivity contribution in [1.82, 2.24) is 19.9 Å². The van der Waals surface area contributed by atoms with Crippen molar-refractivity contribution < 1.29 is 13.9 Å². The molecule has 3 heterocycles. The van der Waals surface area contributed by atoms with Crippen molar-refractivity contribution in [3.8, 4) is 17.0 Å². The minimum absolute atomic E-state index is 0.115. The number of amides is 1. The fourth-order valence-electron chi connectivity index (χ4n) is 4.26. The molecule has 0 saturated carbocycles. The summed E-state index contributed by atoms with van der Waals surface area (Å²) in [6, 6.07) is 15.5. The largest absolute Gasteiger partial charge is 0.497 e. The molecule has 2 aromatic carbocycles. The molecule has 0 aliphatic carbocycles. The van der Waals surface area contributed by atoms with Gasteiger partial charge in [-0.25, -0.2) is 14.4 Å². The number of likely N-dealkylation sites (tertiary alicyclic amines) is 1. The van der Waals surface area contributed by atoms with Crippen molar-refractivity contribution in [3.63, 3.8) is 0 Å². The number of imidazole rings is 1. The average Bonchev–Trinajstić information content (AvgIpc) is 3.33. The number of aromatic amines is 1. The van der Waals surface area contributed by atoms with Gasteiger partial charge < -0.3 is 14.6 Å². The SMILES string of the molecule is COc1ccc2nc(C(=O)N3CCCCC3c3ncc(-c4cccc(F)c4)[nH]3)ccc2c1. The highest BCUT2D eigenvalue weighted by atomic mass is 19.1. The van der Waals surface area contributed by atoms with E-state index in [1.165, 1.54) is 12.1 Å². The molecule has 6 nitrogen and oxygen atoms in total. The summed E-state index contributed by atoms with van der Waals surface area (Å²) >= 11 is 0. The van der Waals surface area contributed by atoms with Crippen molar-refractivity contribution in [3.05, 3.63) is 78.1 Å². The monoisotopic (exact) mass is 430 g/mol. The number of pyridine rings is 1. The molecule has 4 aromatic rings. The van der Waals surface area contributed by atoms with Gasteiger partial charge in [-0.1, -0.05) is 18.2 Å². The van der Waals surface area contributed by atoms with E-state index in [0.717, 1.165) is 47.2 Å². The maximum atomic E-state index is 13.6. The summed E-state index contributed by atoms with van der Waals surface area (Å²) in [4.78, 5) is 27.7. The summed E-state index contributed by atoms with van der Waals surface area (Å²) in [7, 11) is 1.62. The second-order valence-electron chi connectivity index (χ2n) is 7.96. The average molecular weight is 430 g/mol. The van der Waals surface area contributed by atoms with Gasteiger partial charge in [-0.2, -0.15) is 0 Å². The minimum atomic E-state index is -0.298. The van der Waals surface area contributed by atoms with E-state index in [1.54, 1.807) is 25.4 Å².